The minimum Gasteiger partial charge on any atom is -0.465 e. The smallest absolute Gasteiger partial charge is 0.320 e. The molecular formula is C10H19NO2. The van der Waals surface area contributed by atoms with Crippen molar-refractivity contribution in [2.45, 2.75) is 26.7 Å². The highest BCUT2D eigenvalue weighted by Crippen LogP contribution is 2.14. The van der Waals surface area contributed by atoms with E-state index in [-0.39, 0.29) is 5.97 Å². The van der Waals surface area contributed by atoms with Crippen molar-refractivity contribution in [3.05, 3.63) is 0 Å². The summed E-state index contributed by atoms with van der Waals surface area (Å²) >= 11 is 0. The lowest BCUT2D eigenvalue weighted by Gasteiger charge is -2.29. The third-order valence-electron chi connectivity index (χ3n) is 2.40. The van der Waals surface area contributed by atoms with Crippen molar-refractivity contribution >= 4 is 5.97 Å². The third kappa shape index (κ3) is 3.77. The van der Waals surface area contributed by atoms with Crippen molar-refractivity contribution in [1.29, 1.82) is 0 Å². The molecule has 1 atom stereocenters. The summed E-state index contributed by atoms with van der Waals surface area (Å²) in [7, 11) is 0. The van der Waals surface area contributed by atoms with E-state index in [2.05, 4.69) is 11.8 Å². The standard InChI is InChI=1S/C10H19NO2/c1-3-13-10(12)8-11-6-4-5-9(2)7-11/h9H,3-8H2,1-2H3. The van der Waals surface area contributed by atoms with E-state index in [0.29, 0.717) is 13.2 Å². The number of piperidine rings is 1. The molecule has 1 saturated heterocycles. The van der Waals surface area contributed by atoms with Gasteiger partial charge in [0.1, 0.15) is 0 Å². The minimum absolute atomic E-state index is 0.0865. The van der Waals surface area contributed by atoms with Gasteiger partial charge in [0.15, 0.2) is 0 Å². The van der Waals surface area contributed by atoms with Crippen LogP contribution in [-0.2, 0) is 9.53 Å². The summed E-state index contributed by atoms with van der Waals surface area (Å²) in [6.45, 7) is 7.12. The molecule has 0 saturated carbocycles. The van der Waals surface area contributed by atoms with E-state index in [9.17, 15) is 4.79 Å². The molecule has 0 bridgehead atoms. The van der Waals surface area contributed by atoms with E-state index < -0.39 is 0 Å². The molecular weight excluding hydrogens is 166 g/mol. The Labute approximate surface area is 80.1 Å². The summed E-state index contributed by atoms with van der Waals surface area (Å²) in [4.78, 5) is 13.3. The van der Waals surface area contributed by atoms with E-state index in [1.54, 1.807) is 0 Å². The van der Waals surface area contributed by atoms with E-state index in [0.717, 1.165) is 19.0 Å². The molecule has 1 unspecified atom stereocenters. The molecule has 3 heteroatoms. The Morgan fingerprint density at radius 2 is 2.38 bits per heavy atom. The van der Waals surface area contributed by atoms with Crippen molar-refractivity contribution in [2.24, 2.45) is 5.92 Å². The van der Waals surface area contributed by atoms with Crippen LogP contribution in [0.15, 0.2) is 0 Å². The van der Waals surface area contributed by atoms with Gasteiger partial charge in [0.25, 0.3) is 0 Å². The van der Waals surface area contributed by atoms with Gasteiger partial charge in [-0.05, 0) is 32.2 Å². The highest BCUT2D eigenvalue weighted by Gasteiger charge is 2.18. The number of hydrogen-bond donors (Lipinski definition) is 0. The fourth-order valence-electron chi connectivity index (χ4n) is 1.82. The summed E-state index contributed by atoms with van der Waals surface area (Å²) in [5, 5.41) is 0. The van der Waals surface area contributed by atoms with Crippen molar-refractivity contribution in [1.82, 2.24) is 4.90 Å². The van der Waals surface area contributed by atoms with Crippen molar-refractivity contribution in [2.75, 3.05) is 26.2 Å². The zero-order valence-electron chi connectivity index (χ0n) is 8.58. The van der Waals surface area contributed by atoms with Crippen LogP contribution < -0.4 is 0 Å². The number of ether oxygens (including phenoxy) is 1. The molecule has 1 heterocycles. The molecule has 76 valence electrons. The molecule has 0 amide bonds. The van der Waals surface area contributed by atoms with Gasteiger partial charge in [-0.1, -0.05) is 6.92 Å². The topological polar surface area (TPSA) is 29.5 Å². The van der Waals surface area contributed by atoms with Gasteiger partial charge in [-0.2, -0.15) is 0 Å². The molecule has 0 aromatic carbocycles. The van der Waals surface area contributed by atoms with Crippen molar-refractivity contribution in [3.63, 3.8) is 0 Å². The number of esters is 1. The Morgan fingerprint density at radius 1 is 1.62 bits per heavy atom. The van der Waals surface area contributed by atoms with Crippen molar-refractivity contribution in [3.8, 4) is 0 Å². The highest BCUT2D eigenvalue weighted by molar-refractivity contribution is 5.71. The van der Waals surface area contributed by atoms with Gasteiger partial charge in [0, 0.05) is 6.54 Å². The maximum atomic E-state index is 11.2. The SMILES string of the molecule is CCOC(=O)CN1CCCC(C)C1. The molecule has 0 radical (unpaired) electrons. The van der Waals surface area contributed by atoms with E-state index in [1.165, 1.54) is 12.8 Å². The molecule has 0 aliphatic carbocycles. The van der Waals surface area contributed by atoms with E-state index in [1.807, 2.05) is 6.92 Å². The Bertz CT molecular complexity index is 170. The zero-order valence-corrected chi connectivity index (χ0v) is 8.58. The lowest BCUT2D eigenvalue weighted by Crippen LogP contribution is -2.38. The predicted octanol–water partition coefficient (Wildman–Crippen LogP) is 1.28. The number of hydrogen-bond acceptors (Lipinski definition) is 3. The zero-order chi connectivity index (χ0) is 9.68. The molecule has 0 spiro atoms. The van der Waals surface area contributed by atoms with Crippen LogP contribution in [-0.4, -0.2) is 37.1 Å². The number of nitrogens with zero attached hydrogens (tertiary/aromatic N) is 1. The van der Waals surface area contributed by atoms with Gasteiger partial charge in [0.2, 0.25) is 0 Å². The van der Waals surface area contributed by atoms with Crippen molar-refractivity contribution < 1.29 is 9.53 Å². The van der Waals surface area contributed by atoms with Crippen LogP contribution in [0.1, 0.15) is 26.7 Å². The number of carbonyl (C=O) groups is 1. The molecule has 1 fully saturated rings. The normalized spacial score (nSPS) is 24.3. The van der Waals surface area contributed by atoms with Crippen LogP contribution in [0.4, 0.5) is 0 Å². The Hall–Kier alpha value is -0.570. The molecule has 0 N–H and O–H groups in total. The maximum absolute atomic E-state index is 11.2. The van der Waals surface area contributed by atoms with Crippen LogP contribution in [0.5, 0.6) is 0 Å². The summed E-state index contributed by atoms with van der Waals surface area (Å²) in [5.74, 6) is 0.639. The Morgan fingerprint density at radius 3 is 3.00 bits per heavy atom. The molecule has 1 aliphatic rings. The third-order valence-corrected chi connectivity index (χ3v) is 2.40. The number of likely N-dealkylation sites (tertiary alicyclic amines) is 1. The summed E-state index contributed by atoms with van der Waals surface area (Å²) in [6, 6.07) is 0. The van der Waals surface area contributed by atoms with Crippen LogP contribution in [0.2, 0.25) is 0 Å². The Kier molecular flexibility index (Phi) is 4.22. The quantitative estimate of drug-likeness (QED) is 0.620. The fourth-order valence-corrected chi connectivity index (χ4v) is 1.82. The minimum atomic E-state index is -0.0865. The number of rotatable bonds is 3. The fraction of sp³-hybridized carbons (Fsp3) is 0.900. The average molecular weight is 185 g/mol. The van der Waals surface area contributed by atoms with Gasteiger partial charge in [-0.25, -0.2) is 0 Å². The molecule has 3 nitrogen and oxygen atoms in total. The van der Waals surface area contributed by atoms with Gasteiger partial charge >= 0.3 is 5.97 Å². The van der Waals surface area contributed by atoms with Crippen LogP contribution >= 0.6 is 0 Å². The monoisotopic (exact) mass is 185 g/mol. The first kappa shape index (κ1) is 10.5. The molecule has 0 aromatic rings. The number of carbonyl (C=O) groups excluding carboxylic acids is 1. The van der Waals surface area contributed by atoms with E-state index >= 15 is 0 Å². The lowest BCUT2D eigenvalue weighted by atomic mass is 10.0. The van der Waals surface area contributed by atoms with Crippen LogP contribution in [0.3, 0.4) is 0 Å². The second kappa shape index (κ2) is 5.22. The summed E-state index contributed by atoms with van der Waals surface area (Å²) < 4.78 is 4.90. The second-order valence-electron chi connectivity index (χ2n) is 3.79. The molecule has 0 aromatic heterocycles. The van der Waals surface area contributed by atoms with E-state index in [4.69, 9.17) is 4.74 Å². The van der Waals surface area contributed by atoms with Gasteiger partial charge < -0.3 is 4.74 Å². The van der Waals surface area contributed by atoms with Crippen LogP contribution in [0, 0.1) is 5.92 Å². The second-order valence-corrected chi connectivity index (χ2v) is 3.79. The lowest BCUT2D eigenvalue weighted by molar-refractivity contribution is -0.144. The molecule has 1 aliphatic heterocycles. The summed E-state index contributed by atoms with van der Waals surface area (Å²) in [6.07, 6.45) is 2.50. The van der Waals surface area contributed by atoms with Gasteiger partial charge in [0.05, 0.1) is 13.2 Å². The maximum Gasteiger partial charge on any atom is 0.320 e. The largest absolute Gasteiger partial charge is 0.465 e. The van der Waals surface area contributed by atoms with Gasteiger partial charge in [-0.3, -0.25) is 9.69 Å². The average Bonchev–Trinajstić information content (AvgIpc) is 2.04. The molecule has 13 heavy (non-hydrogen) atoms. The highest BCUT2D eigenvalue weighted by atomic mass is 16.5. The van der Waals surface area contributed by atoms with Gasteiger partial charge in [-0.15, -0.1) is 0 Å². The molecule has 1 rings (SSSR count). The first-order valence-corrected chi connectivity index (χ1v) is 5.10. The van der Waals surface area contributed by atoms with Crippen LogP contribution in [0.25, 0.3) is 0 Å². The Balaban J connectivity index is 2.23. The summed E-state index contributed by atoms with van der Waals surface area (Å²) in [5.41, 5.74) is 0. The predicted molar refractivity (Wildman–Crippen MR) is 51.5 cm³/mol. The first-order valence-electron chi connectivity index (χ1n) is 5.10. The first-order chi connectivity index (χ1) is 6.22.